The fraction of sp³-hybridized carbons (Fsp3) is 0.364. The normalized spacial score (nSPS) is 16.7. The van der Waals surface area contributed by atoms with E-state index < -0.39 is 11.4 Å². The molecule has 0 aliphatic carbocycles. The van der Waals surface area contributed by atoms with Crippen molar-refractivity contribution in [2.24, 2.45) is 10.4 Å². The highest BCUT2D eigenvalue weighted by atomic mass is 16.5. The van der Waals surface area contributed by atoms with Crippen LogP contribution < -0.4 is 9.64 Å². The molecule has 6 heteroatoms. The van der Waals surface area contributed by atoms with Crippen LogP contribution in [0.25, 0.3) is 0 Å². The van der Waals surface area contributed by atoms with E-state index in [0.717, 1.165) is 54.6 Å². The molecule has 28 heavy (non-hydrogen) atoms. The van der Waals surface area contributed by atoms with Crippen LogP contribution in [0.5, 0.6) is 11.5 Å². The molecule has 2 aromatic carbocycles. The first-order valence-corrected chi connectivity index (χ1v) is 9.59. The lowest BCUT2D eigenvalue weighted by Crippen LogP contribution is -2.50. The molecular formula is C22H25N3O3. The molecule has 1 fully saturated rings. The zero-order chi connectivity index (χ0) is 19.7. The summed E-state index contributed by atoms with van der Waals surface area (Å²) in [5, 5.41) is 9.37. The van der Waals surface area contributed by atoms with Gasteiger partial charge in [0.2, 0.25) is 0 Å². The monoisotopic (exact) mass is 379 g/mol. The van der Waals surface area contributed by atoms with Gasteiger partial charge in [0, 0.05) is 44.5 Å². The molecule has 146 valence electrons. The van der Waals surface area contributed by atoms with Crippen LogP contribution in [0, 0.1) is 5.41 Å². The number of rotatable bonds is 4. The summed E-state index contributed by atoms with van der Waals surface area (Å²) in [4.78, 5) is 20.5. The molecule has 0 bridgehead atoms. The van der Waals surface area contributed by atoms with Gasteiger partial charge in [0.1, 0.15) is 11.4 Å². The first-order chi connectivity index (χ1) is 13.4. The summed E-state index contributed by atoms with van der Waals surface area (Å²) >= 11 is 0. The van der Waals surface area contributed by atoms with Crippen molar-refractivity contribution in [3.05, 3.63) is 48.0 Å². The van der Waals surface area contributed by atoms with E-state index in [2.05, 4.69) is 20.9 Å². The number of carboxylic acids is 1. The van der Waals surface area contributed by atoms with Gasteiger partial charge in [-0.15, -0.1) is 0 Å². The molecule has 0 atom stereocenters. The Bertz CT molecular complexity index is 915. The molecule has 0 saturated carbocycles. The number of benzene rings is 2. The molecule has 0 aromatic heterocycles. The minimum atomic E-state index is -0.756. The Morgan fingerprint density at radius 3 is 2.61 bits per heavy atom. The van der Waals surface area contributed by atoms with E-state index in [9.17, 15) is 9.90 Å². The quantitative estimate of drug-likeness (QED) is 0.747. The summed E-state index contributed by atoms with van der Waals surface area (Å²) in [6.45, 7) is 7.39. The number of para-hydroxylation sites is 2. The maximum Gasteiger partial charge on any atom is 0.310 e. The fourth-order valence-corrected chi connectivity index (χ4v) is 3.67. The van der Waals surface area contributed by atoms with Crippen LogP contribution in [-0.2, 0) is 4.79 Å². The van der Waals surface area contributed by atoms with E-state index in [4.69, 9.17) is 4.74 Å². The Labute approximate surface area is 165 Å². The molecule has 0 amide bonds. The largest absolute Gasteiger partial charge is 0.481 e. The van der Waals surface area contributed by atoms with Gasteiger partial charge in [-0.2, -0.15) is 0 Å². The van der Waals surface area contributed by atoms with Crippen LogP contribution in [0.4, 0.5) is 11.4 Å². The van der Waals surface area contributed by atoms with E-state index in [1.165, 1.54) is 0 Å². The summed E-state index contributed by atoms with van der Waals surface area (Å²) in [7, 11) is 0. The molecule has 2 aliphatic heterocycles. The van der Waals surface area contributed by atoms with E-state index >= 15 is 0 Å². The van der Waals surface area contributed by atoms with Crippen LogP contribution in [0.15, 0.2) is 47.5 Å². The Morgan fingerprint density at radius 1 is 1.11 bits per heavy atom. The molecule has 0 radical (unpaired) electrons. The predicted molar refractivity (Wildman–Crippen MR) is 110 cm³/mol. The van der Waals surface area contributed by atoms with Crippen molar-refractivity contribution in [1.29, 1.82) is 0 Å². The second-order valence-corrected chi connectivity index (χ2v) is 7.98. The summed E-state index contributed by atoms with van der Waals surface area (Å²) in [5.74, 6) is 0.829. The Hall–Kier alpha value is -2.86. The molecular weight excluding hydrogens is 354 g/mol. The number of nitrogens with zero attached hydrogens (tertiary/aromatic N) is 3. The molecule has 0 unspecified atom stereocenters. The lowest BCUT2D eigenvalue weighted by molar-refractivity contribution is -0.148. The van der Waals surface area contributed by atoms with Crippen LogP contribution in [0.3, 0.4) is 0 Å². The maximum atomic E-state index is 11.4. The zero-order valence-electron chi connectivity index (χ0n) is 16.3. The second-order valence-electron chi connectivity index (χ2n) is 7.98. The third kappa shape index (κ3) is 3.60. The smallest absolute Gasteiger partial charge is 0.310 e. The highest BCUT2D eigenvalue weighted by Gasteiger charge is 2.31. The summed E-state index contributed by atoms with van der Waals surface area (Å²) in [6, 6.07) is 13.9. The highest BCUT2D eigenvalue weighted by Crippen LogP contribution is 2.43. The minimum absolute atomic E-state index is 0.553. The maximum absolute atomic E-state index is 11.4. The lowest BCUT2D eigenvalue weighted by Gasteiger charge is -2.39. The average Bonchev–Trinajstić information content (AvgIpc) is 2.87. The average molecular weight is 379 g/mol. The summed E-state index contributed by atoms with van der Waals surface area (Å²) < 4.78 is 6.27. The van der Waals surface area contributed by atoms with Crippen molar-refractivity contribution >= 4 is 23.6 Å². The number of aliphatic carboxylic acids is 1. The van der Waals surface area contributed by atoms with Crippen molar-refractivity contribution < 1.29 is 14.6 Å². The van der Waals surface area contributed by atoms with E-state index in [1.807, 2.05) is 42.6 Å². The molecule has 0 spiro atoms. The zero-order valence-corrected chi connectivity index (χ0v) is 16.3. The van der Waals surface area contributed by atoms with Crippen LogP contribution in [-0.4, -0.2) is 54.9 Å². The van der Waals surface area contributed by atoms with Crippen LogP contribution in [0.1, 0.15) is 19.4 Å². The summed E-state index contributed by atoms with van der Waals surface area (Å²) in [5.41, 5.74) is 2.07. The van der Waals surface area contributed by atoms with Crippen molar-refractivity contribution in [3.8, 4) is 11.5 Å². The number of carbonyl (C=O) groups is 1. The number of aliphatic imine (C=N–C) groups is 1. The lowest BCUT2D eigenvalue weighted by atomic mass is 9.93. The van der Waals surface area contributed by atoms with Crippen molar-refractivity contribution in [3.63, 3.8) is 0 Å². The third-order valence-corrected chi connectivity index (χ3v) is 5.36. The minimum Gasteiger partial charge on any atom is -0.481 e. The van der Waals surface area contributed by atoms with Gasteiger partial charge >= 0.3 is 5.97 Å². The highest BCUT2D eigenvalue weighted by molar-refractivity contribution is 5.89. The molecule has 2 aliphatic rings. The van der Waals surface area contributed by atoms with E-state index in [0.29, 0.717) is 6.54 Å². The number of hydrogen-bond donors (Lipinski definition) is 1. The van der Waals surface area contributed by atoms with Crippen molar-refractivity contribution in [2.75, 3.05) is 37.6 Å². The second kappa shape index (κ2) is 7.28. The number of ether oxygens (including phenoxy) is 1. The van der Waals surface area contributed by atoms with Crippen LogP contribution in [0.2, 0.25) is 0 Å². The topological polar surface area (TPSA) is 65.4 Å². The van der Waals surface area contributed by atoms with Gasteiger partial charge in [0.15, 0.2) is 5.75 Å². The first kappa shape index (κ1) is 18.5. The molecule has 1 N–H and O–H groups in total. The number of hydrogen-bond acceptors (Lipinski definition) is 5. The van der Waals surface area contributed by atoms with Crippen LogP contribution >= 0.6 is 0 Å². The molecule has 6 nitrogen and oxygen atoms in total. The number of piperazine rings is 1. The third-order valence-electron chi connectivity index (χ3n) is 5.36. The molecule has 1 saturated heterocycles. The molecule has 4 rings (SSSR count). The van der Waals surface area contributed by atoms with Crippen molar-refractivity contribution in [2.45, 2.75) is 13.8 Å². The van der Waals surface area contributed by atoms with Gasteiger partial charge in [-0.25, -0.2) is 0 Å². The SMILES string of the molecule is CC(C)(CN1CCN(c2cccc3c2Oc2ccccc2C=N3)CC1)C(=O)O. The van der Waals surface area contributed by atoms with Gasteiger partial charge in [-0.05, 0) is 38.1 Å². The Kier molecular flexibility index (Phi) is 4.81. The standard InChI is InChI=1S/C22H25N3O3/c1-22(2,21(26)27)15-24-10-12-25(13-11-24)18-8-5-7-17-20(18)28-19-9-4-3-6-16(19)14-23-17/h3-9,14H,10-13,15H2,1-2H3,(H,26,27). The number of anilines is 1. The summed E-state index contributed by atoms with van der Waals surface area (Å²) in [6.07, 6.45) is 1.84. The van der Waals surface area contributed by atoms with E-state index in [1.54, 1.807) is 13.8 Å². The van der Waals surface area contributed by atoms with Gasteiger partial charge in [-0.1, -0.05) is 18.2 Å². The predicted octanol–water partition coefficient (Wildman–Crippen LogP) is 3.78. The molecule has 2 heterocycles. The van der Waals surface area contributed by atoms with E-state index in [-0.39, 0.29) is 0 Å². The molecule has 2 aromatic rings. The number of carboxylic acid groups (broad SMARTS) is 1. The van der Waals surface area contributed by atoms with Gasteiger partial charge in [0.25, 0.3) is 0 Å². The Balaban J connectivity index is 1.52. The van der Waals surface area contributed by atoms with Gasteiger partial charge in [-0.3, -0.25) is 14.7 Å². The number of fused-ring (bicyclic) bond motifs is 2. The fourth-order valence-electron chi connectivity index (χ4n) is 3.67. The first-order valence-electron chi connectivity index (χ1n) is 9.59. The Morgan fingerprint density at radius 2 is 1.86 bits per heavy atom. The van der Waals surface area contributed by atoms with Gasteiger partial charge < -0.3 is 14.7 Å². The van der Waals surface area contributed by atoms with Gasteiger partial charge in [0.05, 0.1) is 11.1 Å². The van der Waals surface area contributed by atoms with Crippen molar-refractivity contribution in [1.82, 2.24) is 4.90 Å².